The summed E-state index contributed by atoms with van der Waals surface area (Å²) in [6, 6.07) is 0.238. The summed E-state index contributed by atoms with van der Waals surface area (Å²) in [6.45, 7) is 1.25. The van der Waals surface area contributed by atoms with Crippen LogP contribution in [0.25, 0.3) is 0 Å². The summed E-state index contributed by atoms with van der Waals surface area (Å²) in [6.07, 6.45) is 1.86. The second-order valence-corrected chi connectivity index (χ2v) is 3.87. The molecule has 0 aromatic heterocycles. The number of likely N-dealkylation sites (N-methyl/N-ethyl adjacent to an activating group) is 1. The molecule has 16 heavy (non-hydrogen) atoms. The third kappa shape index (κ3) is 4.16. The van der Waals surface area contributed by atoms with Gasteiger partial charge in [-0.25, -0.2) is 4.79 Å². The molecule has 1 aliphatic heterocycles. The number of piperidine rings is 1. The highest BCUT2D eigenvalue weighted by atomic mass is 16.5. The van der Waals surface area contributed by atoms with Crippen LogP contribution in [0.2, 0.25) is 0 Å². The van der Waals surface area contributed by atoms with Gasteiger partial charge in [-0.2, -0.15) is 0 Å². The van der Waals surface area contributed by atoms with Crippen LogP contribution in [0.15, 0.2) is 0 Å². The Kier molecular flexibility index (Phi) is 5.21. The van der Waals surface area contributed by atoms with E-state index in [0.29, 0.717) is 0 Å². The van der Waals surface area contributed by atoms with Crippen LogP contribution in [0, 0.1) is 0 Å². The van der Waals surface area contributed by atoms with Gasteiger partial charge in [0.15, 0.2) is 0 Å². The number of carboxylic acid groups (broad SMARTS) is 1. The zero-order valence-electron chi connectivity index (χ0n) is 9.44. The predicted molar refractivity (Wildman–Crippen MR) is 57.1 cm³/mol. The monoisotopic (exact) mass is 230 g/mol. The minimum Gasteiger partial charge on any atom is -0.480 e. The van der Waals surface area contributed by atoms with E-state index in [0.717, 1.165) is 25.9 Å². The van der Waals surface area contributed by atoms with E-state index < -0.39 is 12.6 Å². The van der Waals surface area contributed by atoms with Crippen LogP contribution < -0.4 is 5.32 Å². The fourth-order valence-electron chi connectivity index (χ4n) is 1.73. The topological polar surface area (TPSA) is 78.9 Å². The molecule has 0 saturated carbocycles. The Morgan fingerprint density at radius 1 is 1.38 bits per heavy atom. The zero-order valence-corrected chi connectivity index (χ0v) is 9.44. The molecule has 92 valence electrons. The average molecular weight is 230 g/mol. The Morgan fingerprint density at radius 3 is 2.56 bits per heavy atom. The summed E-state index contributed by atoms with van der Waals surface area (Å²) < 4.78 is 4.76. The van der Waals surface area contributed by atoms with E-state index in [2.05, 4.69) is 5.32 Å². The number of aliphatic carboxylic acids is 1. The molecule has 2 N–H and O–H groups in total. The lowest BCUT2D eigenvalue weighted by Crippen LogP contribution is -2.45. The molecule has 1 fully saturated rings. The maximum Gasteiger partial charge on any atom is 0.329 e. The maximum atomic E-state index is 11.6. The van der Waals surface area contributed by atoms with Gasteiger partial charge in [-0.1, -0.05) is 0 Å². The molecule has 0 spiro atoms. The zero-order chi connectivity index (χ0) is 12.0. The number of carbonyl (C=O) groups excluding carboxylic acids is 1. The Morgan fingerprint density at radius 2 is 2.00 bits per heavy atom. The SMILES string of the molecule is CN(C(=O)COCC(=O)O)C1CCNCC1. The predicted octanol–water partition coefficient (Wildman–Crippen LogP) is -0.702. The minimum absolute atomic E-state index is 0.159. The lowest BCUT2D eigenvalue weighted by Gasteiger charge is -2.31. The van der Waals surface area contributed by atoms with Crippen molar-refractivity contribution in [1.29, 1.82) is 0 Å². The summed E-state index contributed by atoms with van der Waals surface area (Å²) in [4.78, 5) is 23.5. The van der Waals surface area contributed by atoms with Gasteiger partial charge in [0.05, 0.1) is 0 Å². The van der Waals surface area contributed by atoms with Gasteiger partial charge >= 0.3 is 5.97 Å². The number of nitrogens with zero attached hydrogens (tertiary/aromatic N) is 1. The van der Waals surface area contributed by atoms with Gasteiger partial charge in [-0.3, -0.25) is 4.79 Å². The number of amides is 1. The van der Waals surface area contributed by atoms with E-state index in [1.807, 2.05) is 0 Å². The molecule has 6 heteroatoms. The van der Waals surface area contributed by atoms with Gasteiger partial charge < -0.3 is 20.1 Å². The second-order valence-electron chi connectivity index (χ2n) is 3.87. The summed E-state index contributed by atoms with van der Waals surface area (Å²) in [5, 5.41) is 11.6. The number of ether oxygens (including phenoxy) is 1. The maximum absolute atomic E-state index is 11.6. The highest BCUT2D eigenvalue weighted by Crippen LogP contribution is 2.09. The van der Waals surface area contributed by atoms with Gasteiger partial charge in [-0.15, -0.1) is 0 Å². The molecular formula is C10H18N2O4. The van der Waals surface area contributed by atoms with Crippen LogP contribution in [-0.2, 0) is 14.3 Å². The van der Waals surface area contributed by atoms with E-state index >= 15 is 0 Å². The molecule has 0 radical (unpaired) electrons. The van der Waals surface area contributed by atoms with Crippen LogP contribution in [0.3, 0.4) is 0 Å². The van der Waals surface area contributed by atoms with E-state index in [9.17, 15) is 9.59 Å². The molecule has 0 unspecified atom stereocenters. The van der Waals surface area contributed by atoms with Crippen molar-refractivity contribution >= 4 is 11.9 Å². The lowest BCUT2D eigenvalue weighted by atomic mass is 10.1. The number of carbonyl (C=O) groups is 2. The molecule has 1 heterocycles. The van der Waals surface area contributed by atoms with Gasteiger partial charge in [0, 0.05) is 13.1 Å². The first kappa shape index (κ1) is 12.9. The standard InChI is InChI=1S/C10H18N2O4/c1-12(8-2-4-11-5-3-8)9(13)6-16-7-10(14)15/h8,11H,2-7H2,1H3,(H,14,15). The van der Waals surface area contributed by atoms with Gasteiger partial charge in [-0.05, 0) is 25.9 Å². The summed E-state index contributed by atoms with van der Waals surface area (Å²) in [7, 11) is 1.74. The van der Waals surface area contributed by atoms with Gasteiger partial charge in [0.1, 0.15) is 13.2 Å². The van der Waals surface area contributed by atoms with Gasteiger partial charge in [0.25, 0.3) is 0 Å². The molecule has 0 aliphatic carbocycles. The van der Waals surface area contributed by atoms with Crippen LogP contribution in [0.1, 0.15) is 12.8 Å². The first-order chi connectivity index (χ1) is 7.61. The van der Waals surface area contributed by atoms with Crippen LogP contribution >= 0.6 is 0 Å². The van der Waals surface area contributed by atoms with Crippen LogP contribution in [0.4, 0.5) is 0 Å². The van der Waals surface area contributed by atoms with Crippen LogP contribution in [-0.4, -0.2) is 61.3 Å². The van der Waals surface area contributed by atoms with Crippen molar-refractivity contribution in [2.75, 3.05) is 33.4 Å². The highest BCUT2D eigenvalue weighted by molar-refractivity contribution is 5.78. The lowest BCUT2D eigenvalue weighted by molar-refractivity contribution is -0.146. The van der Waals surface area contributed by atoms with Crippen molar-refractivity contribution in [1.82, 2.24) is 10.2 Å². The first-order valence-corrected chi connectivity index (χ1v) is 5.37. The smallest absolute Gasteiger partial charge is 0.329 e. The number of hydrogen-bond acceptors (Lipinski definition) is 4. The van der Waals surface area contributed by atoms with Gasteiger partial charge in [0.2, 0.25) is 5.91 Å². The Labute approximate surface area is 94.6 Å². The molecule has 0 aromatic rings. The Bertz CT molecular complexity index is 251. The number of nitrogens with one attached hydrogen (secondary N) is 1. The third-order valence-electron chi connectivity index (χ3n) is 2.70. The average Bonchev–Trinajstić information content (AvgIpc) is 2.28. The fraction of sp³-hybridized carbons (Fsp3) is 0.800. The second kappa shape index (κ2) is 6.44. The third-order valence-corrected chi connectivity index (χ3v) is 2.70. The molecule has 0 bridgehead atoms. The largest absolute Gasteiger partial charge is 0.480 e. The Hall–Kier alpha value is -1.14. The first-order valence-electron chi connectivity index (χ1n) is 5.37. The molecule has 0 atom stereocenters. The molecule has 1 aliphatic rings. The van der Waals surface area contributed by atoms with Crippen molar-refractivity contribution in [3.05, 3.63) is 0 Å². The highest BCUT2D eigenvalue weighted by Gasteiger charge is 2.21. The summed E-state index contributed by atoms with van der Waals surface area (Å²) in [5.41, 5.74) is 0. The van der Waals surface area contributed by atoms with E-state index in [-0.39, 0.29) is 18.6 Å². The quantitative estimate of drug-likeness (QED) is 0.653. The van der Waals surface area contributed by atoms with E-state index in [1.165, 1.54) is 0 Å². The summed E-state index contributed by atoms with van der Waals surface area (Å²) in [5.74, 6) is -1.22. The molecular weight excluding hydrogens is 212 g/mol. The molecule has 1 saturated heterocycles. The Balaban J connectivity index is 2.26. The number of carboxylic acids is 1. The van der Waals surface area contributed by atoms with Crippen molar-refractivity contribution in [3.8, 4) is 0 Å². The molecule has 1 amide bonds. The number of rotatable bonds is 5. The molecule has 6 nitrogen and oxygen atoms in total. The van der Waals surface area contributed by atoms with Crippen molar-refractivity contribution < 1.29 is 19.4 Å². The minimum atomic E-state index is -1.06. The molecule has 0 aromatic carbocycles. The van der Waals surface area contributed by atoms with E-state index in [4.69, 9.17) is 9.84 Å². The van der Waals surface area contributed by atoms with Crippen molar-refractivity contribution in [3.63, 3.8) is 0 Å². The molecule has 1 rings (SSSR count). The van der Waals surface area contributed by atoms with Crippen molar-refractivity contribution in [2.45, 2.75) is 18.9 Å². The van der Waals surface area contributed by atoms with Crippen LogP contribution in [0.5, 0.6) is 0 Å². The fourth-order valence-corrected chi connectivity index (χ4v) is 1.73. The van der Waals surface area contributed by atoms with Crippen molar-refractivity contribution in [2.24, 2.45) is 0 Å². The normalized spacial score (nSPS) is 17.1. The van der Waals surface area contributed by atoms with E-state index in [1.54, 1.807) is 11.9 Å². The number of hydrogen-bond donors (Lipinski definition) is 2. The summed E-state index contributed by atoms with van der Waals surface area (Å²) >= 11 is 0.